The minimum atomic E-state index is -0.497. The van der Waals surface area contributed by atoms with E-state index < -0.39 is 4.92 Å². The van der Waals surface area contributed by atoms with Crippen LogP contribution in [0.3, 0.4) is 0 Å². The third-order valence-electron chi connectivity index (χ3n) is 4.64. The number of carbonyl (C=O) groups excluding carboxylic acids is 1. The first kappa shape index (κ1) is 20.5. The van der Waals surface area contributed by atoms with E-state index in [1.165, 1.54) is 12.4 Å². The van der Waals surface area contributed by atoms with Crippen LogP contribution in [0.5, 0.6) is 0 Å². The molecule has 0 saturated heterocycles. The van der Waals surface area contributed by atoms with Gasteiger partial charge in [0, 0.05) is 24.4 Å². The second-order valence-corrected chi connectivity index (χ2v) is 7.63. The SMILES string of the molecule is CC[C@H](C)c1ccccc1NC(=O)c1ccc(Sc2nncn2C)c([N+](=O)[O-])c1. The van der Waals surface area contributed by atoms with Crippen molar-refractivity contribution in [2.24, 2.45) is 7.05 Å². The van der Waals surface area contributed by atoms with Gasteiger partial charge in [-0.1, -0.05) is 32.0 Å². The number of hydrogen-bond acceptors (Lipinski definition) is 6. The Morgan fingerprint density at radius 1 is 1.31 bits per heavy atom. The summed E-state index contributed by atoms with van der Waals surface area (Å²) in [5.41, 5.74) is 1.82. The van der Waals surface area contributed by atoms with E-state index in [0.29, 0.717) is 15.7 Å². The van der Waals surface area contributed by atoms with E-state index in [2.05, 4.69) is 29.4 Å². The molecule has 2 aromatic carbocycles. The number of aryl methyl sites for hydroxylation is 1. The van der Waals surface area contributed by atoms with E-state index in [-0.39, 0.29) is 23.1 Å². The van der Waals surface area contributed by atoms with Crippen molar-refractivity contribution >= 4 is 29.0 Å². The molecule has 0 unspecified atom stereocenters. The number of anilines is 1. The van der Waals surface area contributed by atoms with Gasteiger partial charge in [-0.2, -0.15) is 0 Å². The molecule has 0 radical (unpaired) electrons. The molecule has 1 N–H and O–H groups in total. The highest BCUT2D eigenvalue weighted by Gasteiger charge is 2.21. The number of carbonyl (C=O) groups is 1. The first-order valence-corrected chi connectivity index (χ1v) is 9.93. The van der Waals surface area contributed by atoms with Crippen molar-refractivity contribution < 1.29 is 9.72 Å². The molecular weight excluding hydrogens is 390 g/mol. The molecule has 1 aromatic heterocycles. The average Bonchev–Trinajstić information content (AvgIpc) is 3.12. The van der Waals surface area contributed by atoms with E-state index in [4.69, 9.17) is 0 Å². The monoisotopic (exact) mass is 411 g/mol. The number of nitro groups is 1. The maximum atomic E-state index is 12.8. The quantitative estimate of drug-likeness (QED) is 0.449. The summed E-state index contributed by atoms with van der Waals surface area (Å²) >= 11 is 1.13. The molecule has 8 nitrogen and oxygen atoms in total. The summed E-state index contributed by atoms with van der Waals surface area (Å²) in [6.45, 7) is 4.18. The van der Waals surface area contributed by atoms with Gasteiger partial charge in [-0.05, 0) is 47.9 Å². The minimum absolute atomic E-state index is 0.152. The summed E-state index contributed by atoms with van der Waals surface area (Å²) in [7, 11) is 1.75. The number of aromatic nitrogens is 3. The van der Waals surface area contributed by atoms with Gasteiger partial charge in [-0.15, -0.1) is 10.2 Å². The van der Waals surface area contributed by atoms with Crippen molar-refractivity contribution in [2.45, 2.75) is 36.2 Å². The predicted octanol–water partition coefficient (Wildman–Crippen LogP) is 4.64. The highest BCUT2D eigenvalue weighted by atomic mass is 32.2. The summed E-state index contributed by atoms with van der Waals surface area (Å²) in [4.78, 5) is 24.2. The van der Waals surface area contributed by atoms with Crippen molar-refractivity contribution in [3.05, 3.63) is 70.0 Å². The Kier molecular flexibility index (Phi) is 6.28. The molecule has 0 saturated carbocycles. The predicted molar refractivity (Wildman–Crippen MR) is 111 cm³/mol. The first-order chi connectivity index (χ1) is 13.9. The van der Waals surface area contributed by atoms with Crippen LogP contribution >= 0.6 is 11.8 Å². The first-order valence-electron chi connectivity index (χ1n) is 9.11. The molecule has 0 spiro atoms. The van der Waals surface area contributed by atoms with Gasteiger partial charge in [0.2, 0.25) is 0 Å². The zero-order valence-electron chi connectivity index (χ0n) is 16.3. The molecule has 3 rings (SSSR count). The zero-order chi connectivity index (χ0) is 21.0. The second kappa shape index (κ2) is 8.87. The van der Waals surface area contributed by atoms with E-state index in [9.17, 15) is 14.9 Å². The Hall–Kier alpha value is -3.20. The Bertz CT molecular complexity index is 1050. The van der Waals surface area contributed by atoms with Gasteiger partial charge in [-0.3, -0.25) is 14.9 Å². The number of benzene rings is 2. The van der Waals surface area contributed by atoms with E-state index in [1.807, 2.05) is 24.3 Å². The Morgan fingerprint density at radius 3 is 2.72 bits per heavy atom. The van der Waals surface area contributed by atoms with Crippen LogP contribution in [0, 0.1) is 10.1 Å². The number of hydrogen-bond donors (Lipinski definition) is 1. The largest absolute Gasteiger partial charge is 0.322 e. The summed E-state index contributed by atoms with van der Waals surface area (Å²) < 4.78 is 1.67. The van der Waals surface area contributed by atoms with Crippen LogP contribution in [0.2, 0.25) is 0 Å². The van der Waals surface area contributed by atoms with Crippen molar-refractivity contribution in [2.75, 3.05) is 5.32 Å². The molecule has 0 fully saturated rings. The number of nitrogens with zero attached hydrogens (tertiary/aromatic N) is 4. The van der Waals surface area contributed by atoms with Crippen LogP contribution < -0.4 is 5.32 Å². The second-order valence-electron chi connectivity index (χ2n) is 6.62. The topological polar surface area (TPSA) is 103 Å². The average molecular weight is 411 g/mol. The molecule has 150 valence electrons. The Morgan fingerprint density at radius 2 is 2.07 bits per heavy atom. The molecule has 0 bridgehead atoms. The molecule has 1 atom stereocenters. The summed E-state index contributed by atoms with van der Waals surface area (Å²) in [5, 5.41) is 22.7. The van der Waals surface area contributed by atoms with E-state index >= 15 is 0 Å². The van der Waals surface area contributed by atoms with Crippen molar-refractivity contribution in [3.8, 4) is 0 Å². The lowest BCUT2D eigenvalue weighted by atomic mass is 9.97. The molecule has 1 amide bonds. The number of amides is 1. The molecule has 9 heteroatoms. The smallest absolute Gasteiger partial charge is 0.284 e. The highest BCUT2D eigenvalue weighted by Crippen LogP contribution is 2.34. The number of rotatable bonds is 7. The number of nitro benzene ring substituents is 1. The Labute approximate surface area is 172 Å². The fraction of sp³-hybridized carbons (Fsp3) is 0.250. The van der Waals surface area contributed by atoms with Gasteiger partial charge in [-0.25, -0.2) is 0 Å². The maximum absolute atomic E-state index is 12.8. The van der Waals surface area contributed by atoms with Crippen LogP contribution in [-0.4, -0.2) is 25.6 Å². The van der Waals surface area contributed by atoms with Crippen molar-refractivity contribution in [1.29, 1.82) is 0 Å². The Balaban J connectivity index is 1.88. The fourth-order valence-electron chi connectivity index (χ4n) is 2.81. The standard InChI is InChI=1S/C20H21N5O3S/c1-4-13(2)15-7-5-6-8-16(15)22-19(26)14-9-10-18(17(11-14)25(27)28)29-20-23-21-12-24(20)3/h5-13H,4H2,1-3H3,(H,22,26)/t13-/m0/s1. The van der Waals surface area contributed by atoms with Crippen molar-refractivity contribution in [3.63, 3.8) is 0 Å². The molecule has 3 aromatic rings. The molecule has 1 heterocycles. The third kappa shape index (κ3) is 4.62. The van der Waals surface area contributed by atoms with Gasteiger partial charge in [0.15, 0.2) is 5.16 Å². The maximum Gasteiger partial charge on any atom is 0.284 e. The molecule has 29 heavy (non-hydrogen) atoms. The van der Waals surface area contributed by atoms with Crippen LogP contribution in [0.1, 0.15) is 42.1 Å². The molecular formula is C20H21N5O3S. The highest BCUT2D eigenvalue weighted by molar-refractivity contribution is 7.99. The van der Waals surface area contributed by atoms with E-state index in [0.717, 1.165) is 23.7 Å². The minimum Gasteiger partial charge on any atom is -0.322 e. The van der Waals surface area contributed by atoms with Crippen LogP contribution in [-0.2, 0) is 7.05 Å². The normalized spacial score (nSPS) is 11.8. The van der Waals surface area contributed by atoms with Crippen LogP contribution in [0.4, 0.5) is 11.4 Å². The zero-order valence-corrected chi connectivity index (χ0v) is 17.1. The molecule has 0 aliphatic carbocycles. The number of para-hydroxylation sites is 1. The lowest BCUT2D eigenvalue weighted by Gasteiger charge is -2.15. The van der Waals surface area contributed by atoms with Crippen molar-refractivity contribution in [1.82, 2.24) is 14.8 Å². The van der Waals surface area contributed by atoms with Gasteiger partial charge in [0.1, 0.15) is 6.33 Å². The van der Waals surface area contributed by atoms with Crippen LogP contribution in [0.15, 0.2) is 58.8 Å². The number of nitrogens with one attached hydrogen (secondary N) is 1. The molecule has 0 aliphatic rings. The van der Waals surface area contributed by atoms with Gasteiger partial charge in [0.05, 0.1) is 9.82 Å². The lowest BCUT2D eigenvalue weighted by molar-refractivity contribution is -0.387. The van der Waals surface area contributed by atoms with Gasteiger partial charge >= 0.3 is 0 Å². The van der Waals surface area contributed by atoms with Crippen LogP contribution in [0.25, 0.3) is 0 Å². The van der Waals surface area contributed by atoms with Gasteiger partial charge < -0.3 is 9.88 Å². The summed E-state index contributed by atoms with van der Waals surface area (Å²) in [5.74, 6) is -0.106. The van der Waals surface area contributed by atoms with E-state index in [1.54, 1.807) is 23.7 Å². The fourth-order valence-corrected chi connectivity index (χ4v) is 3.66. The lowest BCUT2D eigenvalue weighted by Crippen LogP contribution is -2.14. The summed E-state index contributed by atoms with van der Waals surface area (Å²) in [6.07, 6.45) is 2.46. The third-order valence-corrected chi connectivity index (χ3v) is 5.76. The summed E-state index contributed by atoms with van der Waals surface area (Å²) in [6, 6.07) is 12.0. The van der Waals surface area contributed by atoms with Gasteiger partial charge in [0.25, 0.3) is 11.6 Å². The molecule has 0 aliphatic heterocycles.